The fourth-order valence-corrected chi connectivity index (χ4v) is 3.02. The van der Waals surface area contributed by atoms with Crippen LogP contribution < -0.4 is 11.1 Å². The first-order chi connectivity index (χ1) is 10.5. The maximum Gasteiger partial charge on any atom is 0.221 e. The standard InChI is InChI=1S/C18H29N3O/c1-14-4-3-9-21(12-14)13-17-7-5-16(6-8-17)11-20-18(22)10-15(2)19/h5-8,14-15H,3-4,9-13,19H2,1-2H3,(H,20,22). The summed E-state index contributed by atoms with van der Waals surface area (Å²) in [6.07, 6.45) is 3.05. The number of nitrogens with zero attached hydrogens (tertiary/aromatic N) is 1. The normalized spacial score (nSPS) is 20.6. The monoisotopic (exact) mass is 303 g/mol. The van der Waals surface area contributed by atoms with Gasteiger partial charge in [-0.2, -0.15) is 0 Å². The van der Waals surface area contributed by atoms with Crippen molar-refractivity contribution >= 4 is 5.91 Å². The second-order valence-electron chi connectivity index (χ2n) is 6.76. The average molecular weight is 303 g/mol. The lowest BCUT2D eigenvalue weighted by Crippen LogP contribution is -2.33. The molecule has 1 heterocycles. The van der Waals surface area contributed by atoms with Gasteiger partial charge in [0.15, 0.2) is 0 Å². The minimum absolute atomic E-state index is 0.0152. The highest BCUT2D eigenvalue weighted by atomic mass is 16.1. The van der Waals surface area contributed by atoms with E-state index in [0.29, 0.717) is 13.0 Å². The number of hydrogen-bond donors (Lipinski definition) is 2. The Bertz CT molecular complexity index is 470. The molecule has 4 nitrogen and oxygen atoms in total. The van der Waals surface area contributed by atoms with Gasteiger partial charge in [-0.05, 0) is 43.4 Å². The van der Waals surface area contributed by atoms with Crippen LogP contribution >= 0.6 is 0 Å². The lowest BCUT2D eigenvalue weighted by atomic mass is 9.99. The number of rotatable bonds is 6. The van der Waals surface area contributed by atoms with Crippen molar-refractivity contribution in [1.29, 1.82) is 0 Å². The van der Waals surface area contributed by atoms with Crippen LogP contribution in [0.5, 0.6) is 0 Å². The third-order valence-corrected chi connectivity index (χ3v) is 4.17. The van der Waals surface area contributed by atoms with E-state index >= 15 is 0 Å². The molecular weight excluding hydrogens is 274 g/mol. The van der Waals surface area contributed by atoms with Crippen molar-refractivity contribution in [3.63, 3.8) is 0 Å². The maximum absolute atomic E-state index is 11.6. The molecule has 0 saturated carbocycles. The van der Waals surface area contributed by atoms with Crippen LogP contribution in [0.1, 0.15) is 44.2 Å². The van der Waals surface area contributed by atoms with Crippen molar-refractivity contribution in [1.82, 2.24) is 10.2 Å². The molecule has 1 aromatic carbocycles. The highest BCUT2D eigenvalue weighted by molar-refractivity contribution is 5.76. The number of amides is 1. The van der Waals surface area contributed by atoms with Crippen LogP contribution in [0.15, 0.2) is 24.3 Å². The molecule has 0 radical (unpaired) electrons. The quantitative estimate of drug-likeness (QED) is 0.847. The Hall–Kier alpha value is -1.39. The molecule has 2 atom stereocenters. The fraction of sp³-hybridized carbons (Fsp3) is 0.611. The summed E-state index contributed by atoms with van der Waals surface area (Å²) in [4.78, 5) is 14.1. The Labute approximate surface area is 134 Å². The van der Waals surface area contributed by atoms with Crippen molar-refractivity contribution in [3.8, 4) is 0 Å². The van der Waals surface area contributed by atoms with E-state index in [1.165, 1.54) is 31.5 Å². The summed E-state index contributed by atoms with van der Waals surface area (Å²) in [7, 11) is 0. The van der Waals surface area contributed by atoms with E-state index in [0.717, 1.165) is 18.0 Å². The Morgan fingerprint density at radius 2 is 2.05 bits per heavy atom. The highest BCUT2D eigenvalue weighted by Gasteiger charge is 2.16. The molecule has 1 aliphatic rings. The number of carbonyl (C=O) groups excluding carboxylic acids is 1. The van der Waals surface area contributed by atoms with Gasteiger partial charge in [-0.3, -0.25) is 9.69 Å². The average Bonchev–Trinajstić information content (AvgIpc) is 2.46. The molecule has 122 valence electrons. The molecule has 2 unspecified atom stereocenters. The van der Waals surface area contributed by atoms with Crippen LogP contribution in [0.3, 0.4) is 0 Å². The molecule has 0 bridgehead atoms. The summed E-state index contributed by atoms with van der Waals surface area (Å²) < 4.78 is 0. The van der Waals surface area contributed by atoms with Gasteiger partial charge in [0.25, 0.3) is 0 Å². The summed E-state index contributed by atoms with van der Waals surface area (Å²) in [6.45, 7) is 8.19. The molecular formula is C18H29N3O. The number of carbonyl (C=O) groups is 1. The lowest BCUT2D eigenvalue weighted by Gasteiger charge is -2.30. The van der Waals surface area contributed by atoms with Crippen LogP contribution in [0, 0.1) is 5.92 Å². The Morgan fingerprint density at radius 1 is 1.36 bits per heavy atom. The molecule has 1 saturated heterocycles. The highest BCUT2D eigenvalue weighted by Crippen LogP contribution is 2.18. The number of nitrogens with two attached hydrogens (primary N) is 1. The van der Waals surface area contributed by atoms with Crippen LogP contribution in [0.2, 0.25) is 0 Å². The molecule has 3 N–H and O–H groups in total. The summed E-state index contributed by atoms with van der Waals surface area (Å²) >= 11 is 0. The van der Waals surface area contributed by atoms with E-state index in [4.69, 9.17) is 5.73 Å². The Kier molecular flexibility index (Phi) is 6.40. The third-order valence-electron chi connectivity index (χ3n) is 4.17. The first-order valence-corrected chi connectivity index (χ1v) is 8.35. The van der Waals surface area contributed by atoms with Gasteiger partial charge in [-0.1, -0.05) is 31.2 Å². The van der Waals surface area contributed by atoms with E-state index in [1.807, 2.05) is 6.92 Å². The molecule has 1 fully saturated rings. The van der Waals surface area contributed by atoms with Gasteiger partial charge in [0.05, 0.1) is 0 Å². The number of hydrogen-bond acceptors (Lipinski definition) is 3. The van der Waals surface area contributed by atoms with Gasteiger partial charge >= 0.3 is 0 Å². The summed E-state index contributed by atoms with van der Waals surface area (Å²) in [5, 5.41) is 2.91. The largest absolute Gasteiger partial charge is 0.352 e. The second-order valence-corrected chi connectivity index (χ2v) is 6.76. The van der Waals surface area contributed by atoms with Gasteiger partial charge in [0.2, 0.25) is 5.91 Å². The topological polar surface area (TPSA) is 58.4 Å². The van der Waals surface area contributed by atoms with Crippen LogP contribution in [0.25, 0.3) is 0 Å². The molecule has 0 aromatic heterocycles. The number of benzene rings is 1. The molecule has 1 aliphatic heterocycles. The zero-order valence-corrected chi connectivity index (χ0v) is 13.8. The smallest absolute Gasteiger partial charge is 0.221 e. The maximum atomic E-state index is 11.6. The zero-order valence-electron chi connectivity index (χ0n) is 13.8. The van der Waals surface area contributed by atoms with Crippen molar-refractivity contribution in [2.75, 3.05) is 13.1 Å². The molecule has 1 amide bonds. The summed E-state index contributed by atoms with van der Waals surface area (Å²) in [5.41, 5.74) is 8.10. The van der Waals surface area contributed by atoms with E-state index < -0.39 is 0 Å². The van der Waals surface area contributed by atoms with Crippen molar-refractivity contribution < 1.29 is 4.79 Å². The molecule has 22 heavy (non-hydrogen) atoms. The molecule has 0 spiro atoms. The van der Waals surface area contributed by atoms with E-state index in [-0.39, 0.29) is 11.9 Å². The van der Waals surface area contributed by atoms with Crippen molar-refractivity contribution in [2.45, 2.75) is 52.2 Å². The minimum atomic E-state index is -0.0886. The first kappa shape index (κ1) is 17.0. The molecule has 1 aromatic rings. The Morgan fingerprint density at radius 3 is 2.68 bits per heavy atom. The van der Waals surface area contributed by atoms with Gasteiger partial charge in [0.1, 0.15) is 0 Å². The molecule has 4 heteroatoms. The number of nitrogens with one attached hydrogen (secondary N) is 1. The number of piperidine rings is 1. The fourth-order valence-electron chi connectivity index (χ4n) is 3.02. The van der Waals surface area contributed by atoms with Crippen LogP contribution in [-0.2, 0) is 17.9 Å². The van der Waals surface area contributed by atoms with Gasteiger partial charge in [0, 0.05) is 32.1 Å². The molecule has 0 aliphatic carbocycles. The summed E-state index contributed by atoms with van der Waals surface area (Å²) in [5.74, 6) is 0.828. The van der Waals surface area contributed by atoms with Gasteiger partial charge < -0.3 is 11.1 Å². The van der Waals surface area contributed by atoms with E-state index in [1.54, 1.807) is 0 Å². The predicted octanol–water partition coefficient (Wildman–Crippen LogP) is 2.27. The SMILES string of the molecule is CC(N)CC(=O)NCc1ccc(CN2CCCC(C)C2)cc1. The number of likely N-dealkylation sites (tertiary alicyclic amines) is 1. The zero-order chi connectivity index (χ0) is 15.9. The second kappa shape index (κ2) is 8.30. The predicted molar refractivity (Wildman–Crippen MR) is 90.2 cm³/mol. The van der Waals surface area contributed by atoms with Crippen molar-refractivity contribution in [2.24, 2.45) is 11.7 Å². The van der Waals surface area contributed by atoms with E-state index in [9.17, 15) is 4.79 Å². The Balaban J connectivity index is 1.78. The van der Waals surface area contributed by atoms with Gasteiger partial charge in [-0.15, -0.1) is 0 Å². The van der Waals surface area contributed by atoms with E-state index in [2.05, 4.69) is 41.4 Å². The minimum Gasteiger partial charge on any atom is -0.352 e. The van der Waals surface area contributed by atoms with Gasteiger partial charge in [-0.25, -0.2) is 0 Å². The van der Waals surface area contributed by atoms with Crippen LogP contribution in [-0.4, -0.2) is 29.9 Å². The summed E-state index contributed by atoms with van der Waals surface area (Å²) in [6, 6.07) is 8.47. The van der Waals surface area contributed by atoms with Crippen LogP contribution in [0.4, 0.5) is 0 Å². The third kappa shape index (κ3) is 5.78. The molecule has 2 rings (SSSR count). The lowest BCUT2D eigenvalue weighted by molar-refractivity contribution is -0.121. The first-order valence-electron chi connectivity index (χ1n) is 8.35. The van der Waals surface area contributed by atoms with Crippen molar-refractivity contribution in [3.05, 3.63) is 35.4 Å².